The zero-order chi connectivity index (χ0) is 17.5. The van der Waals surface area contributed by atoms with Gasteiger partial charge in [0.15, 0.2) is 5.76 Å². The zero-order valence-corrected chi connectivity index (χ0v) is 14.3. The average molecular weight is 339 g/mol. The number of ether oxygens (including phenoxy) is 1. The van der Waals surface area contributed by atoms with E-state index in [0.717, 1.165) is 18.5 Å². The number of furan rings is 1. The van der Waals surface area contributed by atoms with E-state index in [2.05, 4.69) is 25.3 Å². The van der Waals surface area contributed by atoms with Crippen LogP contribution in [-0.2, 0) is 4.74 Å². The molecule has 0 unspecified atom stereocenters. The van der Waals surface area contributed by atoms with Crippen LogP contribution in [0.4, 0.5) is 5.95 Å². The third-order valence-corrected chi connectivity index (χ3v) is 3.44. The molecule has 0 aromatic carbocycles. The molecule has 0 aliphatic heterocycles. The van der Waals surface area contributed by atoms with Crippen molar-refractivity contribution in [3.63, 3.8) is 0 Å². The Kier molecular flexibility index (Phi) is 5.69. The van der Waals surface area contributed by atoms with Crippen LogP contribution < -0.4 is 5.32 Å². The Morgan fingerprint density at radius 2 is 2.12 bits per heavy atom. The van der Waals surface area contributed by atoms with Gasteiger partial charge in [-0.2, -0.15) is 0 Å². The van der Waals surface area contributed by atoms with Gasteiger partial charge in [0.1, 0.15) is 5.69 Å². The average Bonchev–Trinajstić information content (AvgIpc) is 3.16. The first kappa shape index (κ1) is 17.0. The number of nitrogens with one attached hydrogen (secondary N) is 1. The Bertz CT molecular complexity index is 775. The van der Waals surface area contributed by atoms with E-state index in [9.17, 15) is 0 Å². The van der Waals surface area contributed by atoms with E-state index in [-0.39, 0.29) is 6.10 Å². The Morgan fingerprint density at radius 1 is 1.20 bits per heavy atom. The van der Waals surface area contributed by atoms with Crippen LogP contribution in [0.25, 0.3) is 22.7 Å². The van der Waals surface area contributed by atoms with Gasteiger partial charge < -0.3 is 14.5 Å². The molecule has 0 spiro atoms. The molecule has 3 heterocycles. The van der Waals surface area contributed by atoms with E-state index in [1.54, 1.807) is 31.1 Å². The van der Waals surface area contributed by atoms with Gasteiger partial charge in [-0.25, -0.2) is 9.97 Å². The molecule has 0 radical (unpaired) electrons. The van der Waals surface area contributed by atoms with E-state index in [4.69, 9.17) is 9.15 Å². The highest BCUT2D eigenvalue weighted by atomic mass is 16.5. The summed E-state index contributed by atoms with van der Waals surface area (Å²) in [5.74, 6) is 1.21. The van der Waals surface area contributed by atoms with Crippen molar-refractivity contribution in [3.05, 3.63) is 43.2 Å². The van der Waals surface area contributed by atoms with Crippen molar-refractivity contribution in [2.24, 2.45) is 0 Å². The molecule has 1 N–H and O–H groups in total. The molecular weight excluding hydrogens is 318 g/mol. The summed E-state index contributed by atoms with van der Waals surface area (Å²) in [5, 5.41) is 3.22. The largest absolute Gasteiger partial charge is 0.463 e. The van der Waals surface area contributed by atoms with Crippen LogP contribution in [0.15, 0.2) is 47.6 Å². The third kappa shape index (κ3) is 4.60. The molecule has 0 fully saturated rings. The second kappa shape index (κ2) is 8.34. The van der Waals surface area contributed by atoms with E-state index >= 15 is 0 Å². The summed E-state index contributed by atoms with van der Waals surface area (Å²) in [4.78, 5) is 17.4. The number of anilines is 1. The maximum absolute atomic E-state index is 5.53. The van der Waals surface area contributed by atoms with Crippen molar-refractivity contribution in [2.75, 3.05) is 18.5 Å². The molecule has 0 aliphatic carbocycles. The fourth-order valence-electron chi connectivity index (χ4n) is 2.29. The first-order valence-electron chi connectivity index (χ1n) is 8.27. The Balaban J connectivity index is 1.77. The molecule has 25 heavy (non-hydrogen) atoms. The number of aromatic nitrogens is 4. The summed E-state index contributed by atoms with van der Waals surface area (Å²) in [6.07, 6.45) is 9.43. The standard InChI is InChI=1S/C18H21N5O2/c1-13(2)24-10-4-6-21-18-22-11-14(15-12-19-7-8-20-15)17(23-18)16-5-3-9-25-16/h3,5,7-9,11-13H,4,6,10H2,1-2H3,(H,21,22,23). The van der Waals surface area contributed by atoms with Gasteiger partial charge in [-0.05, 0) is 32.4 Å². The summed E-state index contributed by atoms with van der Waals surface area (Å²) < 4.78 is 11.0. The van der Waals surface area contributed by atoms with E-state index in [1.807, 2.05) is 26.0 Å². The van der Waals surface area contributed by atoms with Crippen LogP contribution in [0.3, 0.4) is 0 Å². The Morgan fingerprint density at radius 3 is 2.84 bits per heavy atom. The maximum Gasteiger partial charge on any atom is 0.223 e. The van der Waals surface area contributed by atoms with Gasteiger partial charge in [0, 0.05) is 37.3 Å². The summed E-state index contributed by atoms with van der Waals surface area (Å²) in [6, 6.07) is 3.69. The first-order valence-corrected chi connectivity index (χ1v) is 8.27. The summed E-state index contributed by atoms with van der Waals surface area (Å²) >= 11 is 0. The number of hydrogen-bond acceptors (Lipinski definition) is 7. The highest BCUT2D eigenvalue weighted by Crippen LogP contribution is 2.29. The molecule has 130 valence electrons. The lowest BCUT2D eigenvalue weighted by Gasteiger charge is -2.10. The van der Waals surface area contributed by atoms with Crippen LogP contribution in [0.2, 0.25) is 0 Å². The molecule has 3 rings (SSSR count). The van der Waals surface area contributed by atoms with Crippen molar-refractivity contribution in [2.45, 2.75) is 26.4 Å². The lowest BCUT2D eigenvalue weighted by molar-refractivity contribution is 0.0787. The van der Waals surface area contributed by atoms with Gasteiger partial charge in [-0.1, -0.05) is 0 Å². The predicted octanol–water partition coefficient (Wildman–Crippen LogP) is 3.42. The molecule has 7 heteroatoms. The Hall–Kier alpha value is -2.80. The lowest BCUT2D eigenvalue weighted by atomic mass is 10.1. The van der Waals surface area contributed by atoms with Gasteiger partial charge in [0.05, 0.1) is 24.3 Å². The van der Waals surface area contributed by atoms with Gasteiger partial charge in [-0.3, -0.25) is 9.97 Å². The fourth-order valence-corrected chi connectivity index (χ4v) is 2.29. The van der Waals surface area contributed by atoms with Gasteiger partial charge in [-0.15, -0.1) is 0 Å². The molecule has 0 aliphatic rings. The second-order valence-corrected chi connectivity index (χ2v) is 5.72. The molecule has 0 saturated carbocycles. The van der Waals surface area contributed by atoms with Gasteiger partial charge in [0.2, 0.25) is 5.95 Å². The minimum absolute atomic E-state index is 0.244. The molecule has 3 aromatic heterocycles. The van der Waals surface area contributed by atoms with Crippen LogP contribution in [0.1, 0.15) is 20.3 Å². The van der Waals surface area contributed by atoms with E-state index in [0.29, 0.717) is 29.7 Å². The van der Waals surface area contributed by atoms with Crippen LogP contribution in [-0.4, -0.2) is 39.2 Å². The number of hydrogen-bond donors (Lipinski definition) is 1. The zero-order valence-electron chi connectivity index (χ0n) is 14.3. The summed E-state index contributed by atoms with van der Waals surface area (Å²) in [6.45, 7) is 5.48. The molecule has 0 bridgehead atoms. The van der Waals surface area contributed by atoms with E-state index < -0.39 is 0 Å². The van der Waals surface area contributed by atoms with Crippen LogP contribution >= 0.6 is 0 Å². The van der Waals surface area contributed by atoms with Gasteiger partial charge >= 0.3 is 0 Å². The molecule has 7 nitrogen and oxygen atoms in total. The monoisotopic (exact) mass is 339 g/mol. The van der Waals surface area contributed by atoms with Crippen LogP contribution in [0.5, 0.6) is 0 Å². The maximum atomic E-state index is 5.53. The normalized spacial score (nSPS) is 11.0. The minimum atomic E-state index is 0.244. The van der Waals surface area contributed by atoms with Crippen molar-refractivity contribution < 1.29 is 9.15 Å². The summed E-state index contributed by atoms with van der Waals surface area (Å²) in [7, 11) is 0. The first-order chi connectivity index (χ1) is 12.2. The molecule has 0 atom stereocenters. The topological polar surface area (TPSA) is 86.0 Å². The third-order valence-electron chi connectivity index (χ3n) is 3.44. The lowest BCUT2D eigenvalue weighted by Crippen LogP contribution is -2.11. The van der Waals surface area contributed by atoms with Crippen molar-refractivity contribution in [3.8, 4) is 22.7 Å². The quantitative estimate of drug-likeness (QED) is 0.629. The predicted molar refractivity (Wildman–Crippen MR) is 95.0 cm³/mol. The summed E-state index contributed by atoms with van der Waals surface area (Å²) in [5.41, 5.74) is 2.16. The SMILES string of the molecule is CC(C)OCCCNc1ncc(-c2cnccn2)c(-c2ccco2)n1. The fraction of sp³-hybridized carbons (Fsp3) is 0.333. The molecule has 0 amide bonds. The molecular formula is C18H21N5O2. The number of rotatable bonds is 8. The Labute approximate surface area is 146 Å². The smallest absolute Gasteiger partial charge is 0.223 e. The van der Waals surface area contributed by atoms with E-state index in [1.165, 1.54) is 0 Å². The molecule has 0 saturated heterocycles. The van der Waals surface area contributed by atoms with Crippen LogP contribution in [0, 0.1) is 0 Å². The highest BCUT2D eigenvalue weighted by Gasteiger charge is 2.14. The van der Waals surface area contributed by atoms with Crippen molar-refractivity contribution in [1.82, 2.24) is 19.9 Å². The van der Waals surface area contributed by atoms with Crippen molar-refractivity contribution >= 4 is 5.95 Å². The number of nitrogens with zero attached hydrogens (tertiary/aromatic N) is 4. The van der Waals surface area contributed by atoms with Crippen molar-refractivity contribution in [1.29, 1.82) is 0 Å². The highest BCUT2D eigenvalue weighted by molar-refractivity contribution is 5.76. The molecule has 3 aromatic rings. The second-order valence-electron chi connectivity index (χ2n) is 5.72. The minimum Gasteiger partial charge on any atom is -0.463 e. The van der Waals surface area contributed by atoms with Gasteiger partial charge in [0.25, 0.3) is 0 Å².